The number of hydrogen-bond donors (Lipinski definition) is 1. The molecule has 0 aliphatic carbocycles. The molecule has 0 aliphatic heterocycles. The van der Waals surface area contributed by atoms with Crippen molar-refractivity contribution in [3.05, 3.63) is 60.2 Å². The number of rotatable bonds is 5. The molecule has 1 amide bonds. The molecule has 0 unspecified atom stereocenters. The van der Waals surface area contributed by atoms with Crippen molar-refractivity contribution >= 4 is 40.0 Å². The zero-order valence-electron chi connectivity index (χ0n) is 13.3. The van der Waals surface area contributed by atoms with E-state index in [2.05, 4.69) is 15.3 Å². The lowest BCUT2D eigenvalue weighted by molar-refractivity contribution is -0.114. The fraction of sp³-hybridized carbons (Fsp3) is 0.111. The van der Waals surface area contributed by atoms with E-state index in [9.17, 15) is 14.0 Å². The molecule has 0 saturated carbocycles. The lowest BCUT2D eigenvalue weighted by Crippen LogP contribution is -2.09. The van der Waals surface area contributed by atoms with Crippen molar-refractivity contribution in [3.8, 4) is 0 Å². The predicted octanol–water partition coefficient (Wildman–Crippen LogP) is 3.70. The van der Waals surface area contributed by atoms with Crippen molar-refractivity contribution in [2.24, 2.45) is 0 Å². The van der Waals surface area contributed by atoms with Gasteiger partial charge in [0.25, 0.3) is 0 Å². The number of para-hydroxylation sites is 1. The van der Waals surface area contributed by atoms with E-state index >= 15 is 0 Å². The molecule has 0 fully saturated rings. The van der Waals surface area contributed by atoms with Gasteiger partial charge in [0.05, 0.1) is 16.8 Å². The van der Waals surface area contributed by atoms with Gasteiger partial charge in [-0.1, -0.05) is 30.0 Å². The second kappa shape index (κ2) is 7.40. The summed E-state index contributed by atoms with van der Waals surface area (Å²) >= 11 is 1.24. The lowest BCUT2D eigenvalue weighted by Gasteiger charge is -2.07. The number of halogens is 1. The predicted molar refractivity (Wildman–Crippen MR) is 95.3 cm³/mol. The maximum atomic E-state index is 14.1. The molecule has 5 nitrogen and oxygen atoms in total. The van der Waals surface area contributed by atoms with Crippen LogP contribution < -0.4 is 5.32 Å². The van der Waals surface area contributed by atoms with Crippen LogP contribution in [0.2, 0.25) is 0 Å². The van der Waals surface area contributed by atoms with Crippen LogP contribution in [0.5, 0.6) is 0 Å². The summed E-state index contributed by atoms with van der Waals surface area (Å²) in [7, 11) is 0. The molecule has 25 heavy (non-hydrogen) atoms. The van der Waals surface area contributed by atoms with E-state index in [0.29, 0.717) is 10.7 Å². The van der Waals surface area contributed by atoms with E-state index in [1.807, 2.05) is 24.3 Å². The summed E-state index contributed by atoms with van der Waals surface area (Å²) in [6, 6.07) is 11.5. The van der Waals surface area contributed by atoms with Crippen LogP contribution in [0.3, 0.4) is 0 Å². The minimum Gasteiger partial charge on any atom is -0.326 e. The average Bonchev–Trinajstić information content (AvgIpc) is 2.59. The van der Waals surface area contributed by atoms with Gasteiger partial charge < -0.3 is 5.32 Å². The first-order chi connectivity index (χ1) is 12.0. The van der Waals surface area contributed by atoms with Crippen molar-refractivity contribution in [3.63, 3.8) is 0 Å². The normalized spacial score (nSPS) is 10.6. The van der Waals surface area contributed by atoms with Gasteiger partial charge in [0.2, 0.25) is 5.91 Å². The highest BCUT2D eigenvalue weighted by molar-refractivity contribution is 8.00. The first-order valence-electron chi connectivity index (χ1n) is 7.47. The number of hydrogen-bond acceptors (Lipinski definition) is 5. The Kier molecular flexibility index (Phi) is 5.04. The second-order valence-corrected chi connectivity index (χ2v) is 6.25. The summed E-state index contributed by atoms with van der Waals surface area (Å²) < 4.78 is 14.1. The number of ketones is 1. The fourth-order valence-corrected chi connectivity index (χ4v) is 3.20. The summed E-state index contributed by atoms with van der Waals surface area (Å²) in [5.41, 5.74) is 1.09. The zero-order chi connectivity index (χ0) is 17.8. The van der Waals surface area contributed by atoms with Gasteiger partial charge in [0, 0.05) is 18.0 Å². The summed E-state index contributed by atoms with van der Waals surface area (Å²) in [6.45, 7) is 1.33. The first kappa shape index (κ1) is 17.0. The van der Waals surface area contributed by atoms with Crippen LogP contribution in [0.1, 0.15) is 17.3 Å². The third kappa shape index (κ3) is 4.00. The van der Waals surface area contributed by atoms with Gasteiger partial charge in [0.15, 0.2) is 5.78 Å². The molecule has 1 aromatic heterocycles. The van der Waals surface area contributed by atoms with Crippen LogP contribution in [-0.2, 0) is 4.79 Å². The quantitative estimate of drug-likeness (QED) is 0.429. The third-order valence-electron chi connectivity index (χ3n) is 3.44. The first-order valence-corrected chi connectivity index (χ1v) is 8.46. The molecule has 1 heterocycles. The van der Waals surface area contributed by atoms with Crippen LogP contribution in [0, 0.1) is 5.82 Å². The molecule has 3 aromatic rings. The number of amides is 1. The van der Waals surface area contributed by atoms with Crippen molar-refractivity contribution in [2.45, 2.75) is 11.9 Å². The number of nitrogens with zero attached hydrogens (tertiary/aromatic N) is 2. The maximum Gasteiger partial charge on any atom is 0.221 e. The lowest BCUT2D eigenvalue weighted by atomic mass is 10.1. The number of Topliss-reactive ketones (excluding diaryl/α,β-unsaturated/α-hetero) is 1. The van der Waals surface area contributed by atoms with E-state index in [4.69, 9.17) is 0 Å². The van der Waals surface area contributed by atoms with E-state index in [1.165, 1.54) is 37.1 Å². The third-order valence-corrected chi connectivity index (χ3v) is 4.44. The van der Waals surface area contributed by atoms with Crippen molar-refractivity contribution in [2.75, 3.05) is 11.1 Å². The summed E-state index contributed by atoms with van der Waals surface area (Å²) in [4.78, 5) is 31.7. The zero-order valence-corrected chi connectivity index (χ0v) is 14.1. The Bertz CT molecular complexity index is 957. The Morgan fingerprint density at radius 2 is 1.96 bits per heavy atom. The van der Waals surface area contributed by atoms with Crippen molar-refractivity contribution in [1.29, 1.82) is 0 Å². The number of anilines is 1. The van der Waals surface area contributed by atoms with Gasteiger partial charge >= 0.3 is 0 Å². The molecule has 0 aliphatic rings. The molecule has 1 N–H and O–H groups in total. The van der Waals surface area contributed by atoms with Crippen LogP contribution in [0.15, 0.2) is 53.8 Å². The monoisotopic (exact) mass is 355 g/mol. The molecule has 0 bridgehead atoms. The molecule has 126 valence electrons. The number of carbonyl (C=O) groups is 2. The molecule has 0 spiro atoms. The molecule has 0 radical (unpaired) electrons. The number of aromatic nitrogens is 2. The Labute approximate surface area is 147 Å². The van der Waals surface area contributed by atoms with Crippen LogP contribution in [0.4, 0.5) is 10.1 Å². The summed E-state index contributed by atoms with van der Waals surface area (Å²) in [6.07, 6.45) is 1.44. The smallest absolute Gasteiger partial charge is 0.221 e. The van der Waals surface area contributed by atoms with Gasteiger partial charge in [-0.2, -0.15) is 0 Å². The van der Waals surface area contributed by atoms with Crippen LogP contribution >= 0.6 is 11.8 Å². The minimum absolute atomic E-state index is 0.0139. The van der Waals surface area contributed by atoms with E-state index in [1.54, 1.807) is 0 Å². The molecular formula is C18H14FN3O2S. The number of thioether (sulfide) groups is 1. The van der Waals surface area contributed by atoms with Gasteiger partial charge in [-0.15, -0.1) is 0 Å². The second-order valence-electron chi connectivity index (χ2n) is 5.28. The Morgan fingerprint density at radius 1 is 1.16 bits per heavy atom. The minimum atomic E-state index is -0.663. The summed E-state index contributed by atoms with van der Waals surface area (Å²) in [5, 5.41) is 4.00. The Balaban J connectivity index is 1.75. The number of nitrogens with one attached hydrogen (secondary N) is 1. The molecule has 2 aromatic carbocycles. The van der Waals surface area contributed by atoms with Gasteiger partial charge in [0.1, 0.15) is 17.2 Å². The van der Waals surface area contributed by atoms with Gasteiger partial charge in [-0.05, 0) is 24.3 Å². The van der Waals surface area contributed by atoms with Crippen LogP contribution in [-0.4, -0.2) is 27.4 Å². The topological polar surface area (TPSA) is 72.0 Å². The fourth-order valence-electron chi connectivity index (χ4n) is 2.33. The Hall–Kier alpha value is -2.80. The SMILES string of the molecule is CC(=O)Nc1ccc(C(=O)CSc2ncnc3ccccc23)c(F)c1. The molecule has 0 saturated heterocycles. The van der Waals surface area contributed by atoms with E-state index in [-0.39, 0.29) is 23.0 Å². The highest BCUT2D eigenvalue weighted by Gasteiger charge is 2.14. The van der Waals surface area contributed by atoms with E-state index in [0.717, 1.165) is 17.0 Å². The van der Waals surface area contributed by atoms with Gasteiger partial charge in [-0.3, -0.25) is 9.59 Å². The molecule has 7 heteroatoms. The maximum absolute atomic E-state index is 14.1. The van der Waals surface area contributed by atoms with Crippen molar-refractivity contribution in [1.82, 2.24) is 9.97 Å². The Morgan fingerprint density at radius 3 is 2.72 bits per heavy atom. The highest BCUT2D eigenvalue weighted by atomic mass is 32.2. The van der Waals surface area contributed by atoms with Crippen molar-refractivity contribution < 1.29 is 14.0 Å². The number of carbonyl (C=O) groups excluding carboxylic acids is 2. The van der Waals surface area contributed by atoms with E-state index < -0.39 is 5.82 Å². The largest absolute Gasteiger partial charge is 0.326 e. The molecule has 3 rings (SSSR count). The standard InChI is InChI=1S/C18H14FN3O2S/c1-11(23)22-12-6-7-13(15(19)8-12)17(24)9-25-18-14-4-2-3-5-16(14)20-10-21-18/h2-8,10H,9H2,1H3,(H,22,23). The number of benzene rings is 2. The van der Waals surface area contributed by atoms with Gasteiger partial charge in [-0.25, -0.2) is 14.4 Å². The number of fused-ring (bicyclic) bond motifs is 1. The molecule has 0 atom stereocenters. The average molecular weight is 355 g/mol. The summed E-state index contributed by atoms with van der Waals surface area (Å²) in [5.74, 6) is -1.26. The highest BCUT2D eigenvalue weighted by Crippen LogP contribution is 2.25. The van der Waals surface area contributed by atoms with Crippen LogP contribution in [0.25, 0.3) is 10.9 Å². The molecular weight excluding hydrogens is 341 g/mol.